The van der Waals surface area contributed by atoms with E-state index in [9.17, 15) is 8.42 Å². The van der Waals surface area contributed by atoms with Gasteiger partial charge in [0.2, 0.25) is 10.0 Å². The van der Waals surface area contributed by atoms with E-state index >= 15 is 0 Å². The highest BCUT2D eigenvalue weighted by Crippen LogP contribution is 2.48. The molecular formula is C19H27N3O3S. The Morgan fingerprint density at radius 1 is 1.31 bits per heavy atom. The summed E-state index contributed by atoms with van der Waals surface area (Å²) in [4.78, 5) is 2.11. The Morgan fingerprint density at radius 3 is 2.62 bits per heavy atom. The average Bonchev–Trinajstić information content (AvgIpc) is 3.01. The van der Waals surface area contributed by atoms with Gasteiger partial charge in [0.1, 0.15) is 0 Å². The zero-order valence-electron chi connectivity index (χ0n) is 15.8. The monoisotopic (exact) mass is 377 g/mol. The Hall–Kier alpha value is -1.86. The van der Waals surface area contributed by atoms with E-state index in [1.165, 1.54) is 6.26 Å². The molecule has 26 heavy (non-hydrogen) atoms. The molecule has 2 aromatic rings. The van der Waals surface area contributed by atoms with Gasteiger partial charge in [-0.05, 0) is 36.3 Å². The maximum absolute atomic E-state index is 11.5. The first-order valence-corrected chi connectivity index (χ1v) is 10.7. The molecule has 0 amide bonds. The number of aromatic nitrogens is 1. The highest BCUT2D eigenvalue weighted by Gasteiger charge is 2.49. The predicted molar refractivity (Wildman–Crippen MR) is 102 cm³/mol. The van der Waals surface area contributed by atoms with Crippen molar-refractivity contribution in [3.8, 4) is 0 Å². The summed E-state index contributed by atoms with van der Waals surface area (Å²) in [6.07, 6.45) is 2.84. The van der Waals surface area contributed by atoms with Crippen LogP contribution in [0.4, 0.5) is 5.69 Å². The van der Waals surface area contributed by atoms with Crippen LogP contribution in [0.25, 0.3) is 0 Å². The van der Waals surface area contributed by atoms with Crippen LogP contribution in [0.3, 0.4) is 0 Å². The quantitative estimate of drug-likeness (QED) is 0.803. The summed E-state index contributed by atoms with van der Waals surface area (Å²) in [5.74, 6) is 1.21. The van der Waals surface area contributed by atoms with E-state index in [0.29, 0.717) is 12.5 Å². The molecule has 1 saturated carbocycles. The highest BCUT2D eigenvalue weighted by atomic mass is 32.2. The lowest BCUT2D eigenvalue weighted by atomic mass is 9.57. The number of hydrogen-bond donors (Lipinski definition) is 1. The van der Waals surface area contributed by atoms with Gasteiger partial charge in [-0.3, -0.25) is 0 Å². The van der Waals surface area contributed by atoms with Crippen molar-refractivity contribution in [2.45, 2.75) is 39.3 Å². The summed E-state index contributed by atoms with van der Waals surface area (Å²) < 4.78 is 31.2. The van der Waals surface area contributed by atoms with Gasteiger partial charge in [-0.25, -0.2) is 13.1 Å². The van der Waals surface area contributed by atoms with E-state index in [-0.39, 0.29) is 11.5 Å². The van der Waals surface area contributed by atoms with Crippen molar-refractivity contribution in [3.05, 3.63) is 47.9 Å². The summed E-state index contributed by atoms with van der Waals surface area (Å²) in [6.45, 7) is 4.87. The van der Waals surface area contributed by atoms with Crippen molar-refractivity contribution in [1.29, 1.82) is 0 Å². The lowest BCUT2D eigenvalue weighted by molar-refractivity contribution is 0.0271. The Bertz CT molecular complexity index is 846. The minimum absolute atomic E-state index is 0.0157. The van der Waals surface area contributed by atoms with Crippen LogP contribution in [0.15, 0.2) is 40.9 Å². The van der Waals surface area contributed by atoms with Crippen LogP contribution >= 0.6 is 0 Å². The zero-order chi connectivity index (χ0) is 18.9. The third-order valence-corrected chi connectivity index (χ3v) is 6.19. The fraction of sp³-hybridized carbons (Fsp3) is 0.526. The molecule has 142 valence electrons. The molecule has 1 aliphatic rings. The van der Waals surface area contributed by atoms with Crippen molar-refractivity contribution < 1.29 is 12.9 Å². The first kappa shape index (κ1) is 18.9. The summed E-state index contributed by atoms with van der Waals surface area (Å²) in [5, 5.41) is 4.21. The van der Waals surface area contributed by atoms with Gasteiger partial charge < -0.3 is 9.42 Å². The van der Waals surface area contributed by atoms with Crippen molar-refractivity contribution in [2.24, 2.45) is 11.3 Å². The highest BCUT2D eigenvalue weighted by molar-refractivity contribution is 7.88. The number of benzene rings is 1. The summed E-state index contributed by atoms with van der Waals surface area (Å²) in [6, 6.07) is 12.1. The summed E-state index contributed by atoms with van der Waals surface area (Å²) in [7, 11) is -1.16. The molecule has 0 aliphatic heterocycles. The van der Waals surface area contributed by atoms with Gasteiger partial charge in [-0.15, -0.1) is 0 Å². The standard InChI is InChI=1S/C19H27N3O3S/c1-19(2)14(11-18(19)21-26(4,23)24)10-15-12-17(25-20-15)13-22(3)16-8-6-5-7-9-16/h5-9,12,14,18,21H,10-11,13H2,1-4H3. The molecule has 7 heteroatoms. The minimum Gasteiger partial charge on any atom is -0.367 e. The van der Waals surface area contributed by atoms with Crippen molar-refractivity contribution in [2.75, 3.05) is 18.2 Å². The van der Waals surface area contributed by atoms with Crippen LogP contribution in [0.2, 0.25) is 0 Å². The van der Waals surface area contributed by atoms with E-state index in [4.69, 9.17) is 4.52 Å². The first-order valence-electron chi connectivity index (χ1n) is 8.83. The molecule has 0 bridgehead atoms. The predicted octanol–water partition coefficient (Wildman–Crippen LogP) is 2.82. The first-order chi connectivity index (χ1) is 12.1. The molecule has 3 rings (SSSR count). The molecule has 2 atom stereocenters. The van der Waals surface area contributed by atoms with Crippen LogP contribution < -0.4 is 9.62 Å². The van der Waals surface area contributed by atoms with Gasteiger partial charge in [0.25, 0.3) is 0 Å². The Balaban J connectivity index is 1.58. The molecule has 1 aromatic carbocycles. The number of anilines is 1. The fourth-order valence-corrected chi connectivity index (χ4v) is 4.52. The molecule has 2 unspecified atom stereocenters. The molecule has 1 aliphatic carbocycles. The number of para-hydroxylation sites is 1. The van der Waals surface area contributed by atoms with Crippen LogP contribution in [-0.2, 0) is 23.0 Å². The molecule has 1 heterocycles. The minimum atomic E-state index is -3.18. The number of hydrogen-bond acceptors (Lipinski definition) is 5. The van der Waals surface area contributed by atoms with Gasteiger partial charge in [0.15, 0.2) is 5.76 Å². The number of nitrogens with zero attached hydrogens (tertiary/aromatic N) is 2. The van der Waals surface area contributed by atoms with Crippen LogP contribution in [0.5, 0.6) is 0 Å². The lowest BCUT2D eigenvalue weighted by Gasteiger charge is -2.52. The number of sulfonamides is 1. The van der Waals surface area contributed by atoms with E-state index in [0.717, 1.165) is 30.0 Å². The summed E-state index contributed by atoms with van der Waals surface area (Å²) in [5.41, 5.74) is 1.96. The average molecular weight is 378 g/mol. The van der Waals surface area contributed by atoms with Crippen LogP contribution in [0.1, 0.15) is 31.7 Å². The van der Waals surface area contributed by atoms with E-state index < -0.39 is 10.0 Å². The fourth-order valence-electron chi connectivity index (χ4n) is 3.61. The second kappa shape index (κ2) is 7.04. The third kappa shape index (κ3) is 4.27. The normalized spacial score (nSPS) is 22.0. The second-order valence-electron chi connectivity index (χ2n) is 7.88. The SMILES string of the molecule is CN(Cc1cc(CC2CC(NS(C)(=O)=O)C2(C)C)no1)c1ccccc1. The molecule has 1 fully saturated rings. The van der Waals surface area contributed by atoms with Crippen LogP contribution in [0, 0.1) is 11.3 Å². The molecule has 1 N–H and O–H groups in total. The van der Waals surface area contributed by atoms with Crippen molar-refractivity contribution in [1.82, 2.24) is 9.88 Å². The lowest BCUT2D eigenvalue weighted by Crippen LogP contribution is -2.58. The van der Waals surface area contributed by atoms with E-state index in [2.05, 4.69) is 40.8 Å². The Kier molecular flexibility index (Phi) is 5.12. The van der Waals surface area contributed by atoms with Gasteiger partial charge in [0.05, 0.1) is 18.5 Å². The molecule has 0 spiro atoms. The molecule has 1 aromatic heterocycles. The van der Waals surface area contributed by atoms with Crippen LogP contribution in [-0.4, -0.2) is 32.9 Å². The smallest absolute Gasteiger partial charge is 0.208 e. The largest absolute Gasteiger partial charge is 0.367 e. The molecule has 0 radical (unpaired) electrons. The second-order valence-corrected chi connectivity index (χ2v) is 9.66. The molecule has 6 nitrogen and oxygen atoms in total. The number of nitrogens with one attached hydrogen (secondary N) is 1. The molecule has 0 saturated heterocycles. The van der Waals surface area contributed by atoms with Crippen molar-refractivity contribution in [3.63, 3.8) is 0 Å². The van der Waals surface area contributed by atoms with Gasteiger partial charge in [-0.1, -0.05) is 37.2 Å². The third-order valence-electron chi connectivity index (χ3n) is 5.48. The Morgan fingerprint density at radius 2 is 2.00 bits per heavy atom. The molecular weight excluding hydrogens is 350 g/mol. The summed E-state index contributed by atoms with van der Waals surface area (Å²) >= 11 is 0. The maximum atomic E-state index is 11.5. The maximum Gasteiger partial charge on any atom is 0.208 e. The van der Waals surface area contributed by atoms with Gasteiger partial charge in [0, 0.05) is 24.8 Å². The van der Waals surface area contributed by atoms with Gasteiger partial charge >= 0.3 is 0 Å². The van der Waals surface area contributed by atoms with Crippen molar-refractivity contribution >= 4 is 15.7 Å². The topological polar surface area (TPSA) is 75.4 Å². The van der Waals surface area contributed by atoms with Gasteiger partial charge in [-0.2, -0.15) is 0 Å². The number of rotatable bonds is 7. The zero-order valence-corrected chi connectivity index (χ0v) is 16.6. The van der Waals surface area contributed by atoms with E-state index in [1.54, 1.807) is 0 Å². The Labute approximate surface area is 155 Å². The van der Waals surface area contributed by atoms with E-state index in [1.807, 2.05) is 31.3 Å².